The Morgan fingerprint density at radius 2 is 2.09 bits per heavy atom. The van der Waals surface area contributed by atoms with Crippen LogP contribution in [0, 0.1) is 0 Å². The number of hydrogen-bond donors (Lipinski definition) is 1. The molecule has 1 amide bonds. The van der Waals surface area contributed by atoms with Gasteiger partial charge >= 0.3 is 0 Å². The fraction of sp³-hybridized carbons (Fsp3) is 0.722. The summed E-state index contributed by atoms with van der Waals surface area (Å²) in [4.78, 5) is 14.6. The third-order valence-electron chi connectivity index (χ3n) is 4.49. The van der Waals surface area contributed by atoms with Crippen LogP contribution < -0.4 is 5.32 Å². The third-order valence-corrected chi connectivity index (χ3v) is 4.49. The molecule has 0 unspecified atom stereocenters. The second kappa shape index (κ2) is 9.08. The molecule has 1 aliphatic rings. The van der Waals surface area contributed by atoms with Crippen LogP contribution in [0.1, 0.15) is 61.9 Å². The number of carbonyl (C=O) groups excluding carboxylic acids is 1. The Bertz CT molecular complexity index is 488. The van der Waals surface area contributed by atoms with Crippen LogP contribution in [0.5, 0.6) is 0 Å². The molecular formula is C18H30N2O3. The van der Waals surface area contributed by atoms with Crippen molar-refractivity contribution in [1.82, 2.24) is 10.2 Å². The monoisotopic (exact) mass is 322 g/mol. The van der Waals surface area contributed by atoms with Crippen molar-refractivity contribution in [2.75, 3.05) is 26.2 Å². The Morgan fingerprint density at radius 3 is 2.70 bits per heavy atom. The number of nitrogens with zero attached hydrogens (tertiary/aromatic N) is 1. The molecular weight excluding hydrogens is 292 g/mol. The highest BCUT2D eigenvalue weighted by Crippen LogP contribution is 2.19. The van der Waals surface area contributed by atoms with Gasteiger partial charge < -0.3 is 14.5 Å². The molecule has 130 valence electrons. The summed E-state index contributed by atoms with van der Waals surface area (Å²) in [7, 11) is 0. The molecule has 0 aromatic carbocycles. The van der Waals surface area contributed by atoms with Gasteiger partial charge in [0.25, 0.3) is 5.91 Å². The van der Waals surface area contributed by atoms with Crippen molar-refractivity contribution in [2.24, 2.45) is 0 Å². The smallest absolute Gasteiger partial charge is 0.287 e. The number of furan rings is 1. The summed E-state index contributed by atoms with van der Waals surface area (Å²) in [5.41, 5.74) is 1.12. The summed E-state index contributed by atoms with van der Waals surface area (Å²) in [5, 5.41) is 2.94. The average molecular weight is 322 g/mol. The van der Waals surface area contributed by atoms with Crippen LogP contribution in [-0.2, 0) is 17.7 Å². The minimum Gasteiger partial charge on any atom is -0.456 e. The summed E-state index contributed by atoms with van der Waals surface area (Å²) >= 11 is 0. The van der Waals surface area contributed by atoms with Gasteiger partial charge in [-0.25, -0.2) is 0 Å². The van der Waals surface area contributed by atoms with E-state index < -0.39 is 0 Å². The maximum atomic E-state index is 12.3. The largest absolute Gasteiger partial charge is 0.456 e. The van der Waals surface area contributed by atoms with Crippen LogP contribution in [0.4, 0.5) is 0 Å². The first-order valence-electron chi connectivity index (χ1n) is 8.91. The molecule has 1 atom stereocenters. The van der Waals surface area contributed by atoms with E-state index in [1.165, 1.54) is 6.42 Å². The Kier molecular flexibility index (Phi) is 7.12. The lowest BCUT2D eigenvalue weighted by Gasteiger charge is -2.22. The second-order valence-electron chi connectivity index (χ2n) is 6.07. The Balaban J connectivity index is 1.95. The van der Waals surface area contributed by atoms with E-state index in [9.17, 15) is 4.79 Å². The van der Waals surface area contributed by atoms with Gasteiger partial charge in [-0.3, -0.25) is 9.69 Å². The highest BCUT2D eigenvalue weighted by Gasteiger charge is 2.19. The van der Waals surface area contributed by atoms with Crippen LogP contribution in [0.25, 0.3) is 0 Å². The van der Waals surface area contributed by atoms with Gasteiger partial charge in [0.1, 0.15) is 5.76 Å². The lowest BCUT2D eigenvalue weighted by Crippen LogP contribution is -2.35. The van der Waals surface area contributed by atoms with Crippen LogP contribution in [0.15, 0.2) is 10.5 Å². The summed E-state index contributed by atoms with van der Waals surface area (Å²) in [6, 6.07) is 1.90. The van der Waals surface area contributed by atoms with E-state index in [1.54, 1.807) is 0 Å². The fourth-order valence-corrected chi connectivity index (χ4v) is 2.96. The molecule has 5 nitrogen and oxygen atoms in total. The Morgan fingerprint density at radius 1 is 1.30 bits per heavy atom. The van der Waals surface area contributed by atoms with Gasteiger partial charge in [-0.15, -0.1) is 0 Å². The number of aryl methyl sites for hydroxylation is 1. The normalized spacial score (nSPS) is 18.3. The van der Waals surface area contributed by atoms with Gasteiger partial charge in [0.2, 0.25) is 0 Å². The maximum Gasteiger partial charge on any atom is 0.287 e. The van der Waals surface area contributed by atoms with E-state index in [2.05, 4.69) is 31.0 Å². The summed E-state index contributed by atoms with van der Waals surface area (Å²) in [6.07, 6.45) is 4.26. The molecule has 1 aromatic rings. The molecule has 0 aliphatic carbocycles. The molecule has 0 spiro atoms. The minimum atomic E-state index is -0.139. The van der Waals surface area contributed by atoms with E-state index in [4.69, 9.17) is 9.15 Å². The highest BCUT2D eigenvalue weighted by molar-refractivity contribution is 5.91. The van der Waals surface area contributed by atoms with Crippen molar-refractivity contribution >= 4 is 5.91 Å². The van der Waals surface area contributed by atoms with Crippen LogP contribution >= 0.6 is 0 Å². The summed E-state index contributed by atoms with van der Waals surface area (Å²) in [6.45, 7) is 10.5. The highest BCUT2D eigenvalue weighted by atomic mass is 16.5. The lowest BCUT2D eigenvalue weighted by molar-refractivity contribution is 0.0167. The molecule has 1 aliphatic heterocycles. The zero-order chi connectivity index (χ0) is 16.7. The van der Waals surface area contributed by atoms with Gasteiger partial charge in [0.15, 0.2) is 5.76 Å². The molecule has 5 heteroatoms. The van der Waals surface area contributed by atoms with Gasteiger partial charge in [-0.2, -0.15) is 0 Å². The molecule has 1 saturated heterocycles. The lowest BCUT2D eigenvalue weighted by atomic mass is 10.1. The Hall–Kier alpha value is -1.33. The average Bonchev–Trinajstić information content (AvgIpc) is 3.01. The quantitative estimate of drug-likeness (QED) is 0.799. The van der Waals surface area contributed by atoms with Crippen LogP contribution in [0.2, 0.25) is 0 Å². The number of hydrogen-bond acceptors (Lipinski definition) is 4. The molecule has 1 N–H and O–H groups in total. The number of rotatable bonds is 8. The maximum absolute atomic E-state index is 12.3. The first-order valence-corrected chi connectivity index (χ1v) is 8.91. The number of carbonyl (C=O) groups is 1. The molecule has 2 rings (SSSR count). The fourth-order valence-electron chi connectivity index (χ4n) is 2.96. The zero-order valence-electron chi connectivity index (χ0n) is 14.7. The number of ether oxygens (including phenoxy) is 1. The van der Waals surface area contributed by atoms with E-state index in [0.29, 0.717) is 12.3 Å². The van der Waals surface area contributed by atoms with E-state index in [1.807, 2.05) is 6.07 Å². The van der Waals surface area contributed by atoms with Crippen molar-refractivity contribution in [2.45, 2.75) is 59.1 Å². The van der Waals surface area contributed by atoms with Gasteiger partial charge in [0, 0.05) is 31.7 Å². The third kappa shape index (κ3) is 5.08. The van der Waals surface area contributed by atoms with Crippen molar-refractivity contribution in [1.29, 1.82) is 0 Å². The van der Waals surface area contributed by atoms with Gasteiger partial charge in [0.05, 0.1) is 6.10 Å². The topological polar surface area (TPSA) is 54.7 Å². The predicted octanol–water partition coefficient (Wildman–Crippen LogP) is 2.98. The molecule has 0 radical (unpaired) electrons. The zero-order valence-corrected chi connectivity index (χ0v) is 14.7. The van der Waals surface area contributed by atoms with E-state index in [0.717, 1.165) is 56.8 Å². The van der Waals surface area contributed by atoms with Gasteiger partial charge in [-0.1, -0.05) is 20.8 Å². The Labute approximate surface area is 139 Å². The minimum absolute atomic E-state index is 0.139. The van der Waals surface area contributed by atoms with Gasteiger partial charge in [-0.05, 0) is 38.4 Å². The van der Waals surface area contributed by atoms with Crippen molar-refractivity contribution in [3.63, 3.8) is 0 Å². The summed E-state index contributed by atoms with van der Waals surface area (Å²) < 4.78 is 11.4. The second-order valence-corrected chi connectivity index (χ2v) is 6.07. The molecule has 1 aromatic heterocycles. The van der Waals surface area contributed by atoms with Crippen molar-refractivity contribution < 1.29 is 13.9 Å². The molecule has 23 heavy (non-hydrogen) atoms. The van der Waals surface area contributed by atoms with Crippen molar-refractivity contribution in [3.05, 3.63) is 23.2 Å². The first kappa shape index (κ1) is 18.0. The molecule has 0 bridgehead atoms. The first-order chi connectivity index (χ1) is 11.2. The summed E-state index contributed by atoms with van der Waals surface area (Å²) in [5.74, 6) is 1.19. The van der Waals surface area contributed by atoms with Crippen LogP contribution in [-0.4, -0.2) is 43.2 Å². The molecule has 1 fully saturated rings. The number of amides is 1. The van der Waals surface area contributed by atoms with Crippen LogP contribution in [0.3, 0.4) is 0 Å². The SMILES string of the molecule is CCc1oc(C(=O)NC[C@@H]2CCCCO2)cc1CN(CC)CC. The molecule has 0 saturated carbocycles. The standard InChI is InChI=1S/C18H30N2O3/c1-4-16-14(13-20(5-2)6-3)11-17(23-16)18(21)19-12-15-9-7-8-10-22-15/h11,15H,4-10,12-13H2,1-3H3,(H,19,21)/t15-/m0/s1. The number of nitrogens with one attached hydrogen (secondary N) is 1. The van der Waals surface area contributed by atoms with Crippen molar-refractivity contribution in [3.8, 4) is 0 Å². The van der Waals surface area contributed by atoms with E-state index in [-0.39, 0.29) is 12.0 Å². The van der Waals surface area contributed by atoms with E-state index >= 15 is 0 Å². The molecule has 2 heterocycles. The predicted molar refractivity (Wildman–Crippen MR) is 90.6 cm³/mol.